The van der Waals surface area contributed by atoms with Crippen molar-refractivity contribution < 1.29 is 9.53 Å². The van der Waals surface area contributed by atoms with Crippen LogP contribution in [-0.2, 0) is 16.1 Å². The number of ether oxygens (including phenoxy) is 1. The molecule has 4 rings (SSSR count). The first-order chi connectivity index (χ1) is 11.8. The highest BCUT2D eigenvalue weighted by Crippen LogP contribution is 2.30. The minimum Gasteiger partial charge on any atom is -0.378 e. The Morgan fingerprint density at radius 3 is 2.46 bits per heavy atom. The van der Waals surface area contributed by atoms with Gasteiger partial charge in [-0.05, 0) is 11.6 Å². The summed E-state index contributed by atoms with van der Waals surface area (Å²) in [6, 6.07) is 17.9. The largest absolute Gasteiger partial charge is 0.378 e. The van der Waals surface area contributed by atoms with Gasteiger partial charge in [0.25, 0.3) is 5.91 Å². The van der Waals surface area contributed by atoms with Crippen LogP contribution in [0.25, 0.3) is 0 Å². The fourth-order valence-electron chi connectivity index (χ4n) is 3.08. The maximum Gasteiger partial charge on any atom is 0.279 e. The summed E-state index contributed by atoms with van der Waals surface area (Å²) in [5.74, 6) is -0.0356. The molecule has 2 heterocycles. The number of rotatable bonds is 3. The third-order valence-electron chi connectivity index (χ3n) is 4.31. The van der Waals surface area contributed by atoms with Gasteiger partial charge in [-0.3, -0.25) is 9.80 Å². The summed E-state index contributed by atoms with van der Waals surface area (Å²) in [5.41, 5.74) is 3.47. The molecule has 0 atom stereocenters. The number of morpholine rings is 1. The Morgan fingerprint density at radius 1 is 0.958 bits per heavy atom. The number of fused-ring (bicyclic) bond motifs is 1. The molecule has 2 aliphatic rings. The van der Waals surface area contributed by atoms with Gasteiger partial charge in [-0.2, -0.15) is 5.10 Å². The zero-order chi connectivity index (χ0) is 16.4. The molecule has 0 saturated carbocycles. The molecule has 0 bridgehead atoms. The fraction of sp³-hybridized carbons (Fsp3) is 0.263. The van der Waals surface area contributed by atoms with Crippen LogP contribution in [0.1, 0.15) is 11.1 Å². The Hall–Kier alpha value is -2.66. The highest BCUT2D eigenvalue weighted by Gasteiger charge is 2.34. The normalized spacial score (nSPS) is 19.0. The molecule has 1 amide bonds. The number of nitrogens with zero attached hydrogens (tertiary/aromatic N) is 3. The molecular formula is C19H19N3O2. The summed E-state index contributed by atoms with van der Waals surface area (Å²) in [6.07, 6.45) is 0. The van der Waals surface area contributed by atoms with Gasteiger partial charge >= 0.3 is 0 Å². The molecule has 2 aliphatic heterocycles. The lowest BCUT2D eigenvalue weighted by Gasteiger charge is -2.24. The van der Waals surface area contributed by atoms with E-state index in [-0.39, 0.29) is 5.91 Å². The van der Waals surface area contributed by atoms with Crippen molar-refractivity contribution in [2.75, 3.05) is 31.2 Å². The predicted molar refractivity (Wildman–Crippen MR) is 93.0 cm³/mol. The van der Waals surface area contributed by atoms with Crippen molar-refractivity contribution in [2.45, 2.75) is 6.54 Å². The van der Waals surface area contributed by atoms with Gasteiger partial charge < -0.3 is 9.64 Å². The first-order valence-electron chi connectivity index (χ1n) is 8.19. The van der Waals surface area contributed by atoms with Gasteiger partial charge in [0.1, 0.15) is 0 Å². The number of anilines is 1. The second-order valence-corrected chi connectivity index (χ2v) is 5.91. The van der Waals surface area contributed by atoms with Crippen LogP contribution in [0.3, 0.4) is 0 Å². The van der Waals surface area contributed by atoms with Crippen molar-refractivity contribution in [3.8, 4) is 0 Å². The zero-order valence-electron chi connectivity index (χ0n) is 13.4. The average molecular weight is 321 g/mol. The van der Waals surface area contributed by atoms with Crippen LogP contribution in [0.4, 0.5) is 5.69 Å². The molecule has 0 N–H and O–H groups in total. The Kier molecular flexibility index (Phi) is 4.01. The smallest absolute Gasteiger partial charge is 0.279 e. The molecule has 0 aliphatic carbocycles. The van der Waals surface area contributed by atoms with Crippen molar-refractivity contribution in [3.05, 3.63) is 65.7 Å². The third-order valence-corrected chi connectivity index (χ3v) is 4.31. The Labute approximate surface area is 141 Å². The van der Waals surface area contributed by atoms with Gasteiger partial charge in [0.05, 0.1) is 38.5 Å². The van der Waals surface area contributed by atoms with Crippen molar-refractivity contribution >= 4 is 17.3 Å². The average Bonchev–Trinajstić information content (AvgIpc) is 2.90. The lowest BCUT2D eigenvalue weighted by Crippen LogP contribution is -2.35. The van der Waals surface area contributed by atoms with Gasteiger partial charge in [-0.25, -0.2) is 0 Å². The third kappa shape index (κ3) is 2.78. The Morgan fingerprint density at radius 2 is 1.67 bits per heavy atom. The molecule has 0 radical (unpaired) electrons. The molecule has 24 heavy (non-hydrogen) atoms. The minimum absolute atomic E-state index is 0.0356. The van der Waals surface area contributed by atoms with Crippen LogP contribution >= 0.6 is 0 Å². The highest BCUT2D eigenvalue weighted by atomic mass is 16.5. The van der Waals surface area contributed by atoms with E-state index in [1.54, 1.807) is 0 Å². The van der Waals surface area contributed by atoms with Crippen LogP contribution in [0.2, 0.25) is 0 Å². The van der Waals surface area contributed by atoms with Crippen molar-refractivity contribution in [1.29, 1.82) is 0 Å². The summed E-state index contributed by atoms with van der Waals surface area (Å²) in [7, 11) is 0. The van der Waals surface area contributed by atoms with E-state index in [9.17, 15) is 4.79 Å². The molecule has 1 saturated heterocycles. The number of hydrogen-bond donors (Lipinski definition) is 0. The van der Waals surface area contributed by atoms with E-state index in [0.29, 0.717) is 25.5 Å². The number of benzene rings is 2. The second-order valence-electron chi connectivity index (χ2n) is 5.91. The Bertz CT molecular complexity index is 767. The van der Waals surface area contributed by atoms with Crippen LogP contribution in [0, 0.1) is 0 Å². The molecular weight excluding hydrogens is 302 g/mol. The van der Waals surface area contributed by atoms with E-state index < -0.39 is 0 Å². The zero-order valence-corrected chi connectivity index (χ0v) is 13.4. The van der Waals surface area contributed by atoms with E-state index in [2.05, 4.69) is 5.10 Å². The molecule has 122 valence electrons. The highest BCUT2D eigenvalue weighted by molar-refractivity contribution is 6.54. The van der Waals surface area contributed by atoms with Crippen molar-refractivity contribution in [2.24, 2.45) is 5.10 Å². The van der Waals surface area contributed by atoms with E-state index in [1.165, 1.54) is 0 Å². The SMILES string of the molecule is O=C1/C(=N/N2CCOCC2)c2ccccc2N1Cc1ccccc1. The molecule has 1 fully saturated rings. The molecule has 0 aromatic heterocycles. The number of carbonyl (C=O) groups is 1. The molecule has 5 heteroatoms. The number of para-hydroxylation sites is 1. The predicted octanol–water partition coefficient (Wildman–Crippen LogP) is 2.27. The van der Waals surface area contributed by atoms with E-state index in [0.717, 1.165) is 29.9 Å². The first kappa shape index (κ1) is 14.9. The maximum atomic E-state index is 13.0. The van der Waals surface area contributed by atoms with Gasteiger partial charge in [-0.1, -0.05) is 48.5 Å². The lowest BCUT2D eigenvalue weighted by atomic mass is 10.1. The fourth-order valence-corrected chi connectivity index (χ4v) is 3.08. The monoisotopic (exact) mass is 321 g/mol. The van der Waals surface area contributed by atoms with E-state index in [1.807, 2.05) is 64.5 Å². The molecule has 2 aromatic carbocycles. The van der Waals surface area contributed by atoms with Crippen LogP contribution in [0.5, 0.6) is 0 Å². The van der Waals surface area contributed by atoms with E-state index >= 15 is 0 Å². The van der Waals surface area contributed by atoms with Crippen LogP contribution in [-0.4, -0.2) is 42.9 Å². The number of hydrogen-bond acceptors (Lipinski definition) is 4. The van der Waals surface area contributed by atoms with Gasteiger partial charge in [0, 0.05) is 5.56 Å². The molecule has 0 spiro atoms. The maximum absolute atomic E-state index is 13.0. The van der Waals surface area contributed by atoms with E-state index in [4.69, 9.17) is 4.74 Å². The summed E-state index contributed by atoms with van der Waals surface area (Å²) < 4.78 is 5.35. The summed E-state index contributed by atoms with van der Waals surface area (Å²) >= 11 is 0. The number of carbonyl (C=O) groups excluding carboxylic acids is 1. The van der Waals surface area contributed by atoms with Crippen molar-refractivity contribution in [1.82, 2.24) is 5.01 Å². The topological polar surface area (TPSA) is 45.1 Å². The summed E-state index contributed by atoms with van der Waals surface area (Å²) in [6.45, 7) is 3.30. The number of amides is 1. The second kappa shape index (κ2) is 6.45. The summed E-state index contributed by atoms with van der Waals surface area (Å²) in [5, 5.41) is 6.56. The lowest BCUT2D eigenvalue weighted by molar-refractivity contribution is -0.112. The molecule has 2 aromatic rings. The first-order valence-corrected chi connectivity index (χ1v) is 8.19. The summed E-state index contributed by atoms with van der Waals surface area (Å²) in [4.78, 5) is 14.8. The Balaban J connectivity index is 1.67. The van der Waals surface area contributed by atoms with Crippen molar-refractivity contribution in [3.63, 3.8) is 0 Å². The van der Waals surface area contributed by atoms with Gasteiger partial charge in [0.2, 0.25) is 0 Å². The van der Waals surface area contributed by atoms with Gasteiger partial charge in [0.15, 0.2) is 5.71 Å². The van der Waals surface area contributed by atoms with Crippen LogP contribution in [0.15, 0.2) is 59.7 Å². The molecule has 0 unspecified atom stereocenters. The quantitative estimate of drug-likeness (QED) is 0.871. The standard InChI is InChI=1S/C19H19N3O2/c23-19-18(20-21-10-12-24-13-11-21)16-8-4-5-9-17(16)22(19)14-15-6-2-1-3-7-15/h1-9H,10-14H2/b20-18+. The minimum atomic E-state index is -0.0356. The van der Waals surface area contributed by atoms with Gasteiger partial charge in [-0.15, -0.1) is 0 Å². The molecule has 5 nitrogen and oxygen atoms in total. The van der Waals surface area contributed by atoms with Crippen LogP contribution < -0.4 is 4.90 Å². The number of hydrazone groups is 1.